The third-order valence-corrected chi connectivity index (χ3v) is 2.44. The summed E-state index contributed by atoms with van der Waals surface area (Å²) in [4.78, 5) is 11.4. The van der Waals surface area contributed by atoms with Crippen LogP contribution in [-0.4, -0.2) is 38.9 Å². The van der Waals surface area contributed by atoms with Gasteiger partial charge in [-0.2, -0.15) is 0 Å². The molecule has 1 fully saturated rings. The molecule has 1 aliphatic rings. The summed E-state index contributed by atoms with van der Waals surface area (Å²) in [5.41, 5.74) is 0.153. The number of nitrogens with one attached hydrogen (secondary N) is 1. The van der Waals surface area contributed by atoms with Gasteiger partial charge in [0.15, 0.2) is 0 Å². The second-order valence-corrected chi connectivity index (χ2v) is 4.44. The van der Waals surface area contributed by atoms with E-state index in [9.17, 15) is 4.79 Å². The van der Waals surface area contributed by atoms with Crippen LogP contribution >= 0.6 is 0 Å². The molecule has 0 aromatic rings. The number of carbonyl (C=O) groups is 1. The van der Waals surface area contributed by atoms with Crippen molar-refractivity contribution in [3.8, 4) is 0 Å². The van der Waals surface area contributed by atoms with Crippen molar-refractivity contribution in [2.75, 3.05) is 33.0 Å². The van der Waals surface area contributed by atoms with E-state index in [4.69, 9.17) is 9.47 Å². The first-order chi connectivity index (χ1) is 7.16. The van der Waals surface area contributed by atoms with Gasteiger partial charge in [0.25, 0.3) is 0 Å². The minimum Gasteiger partial charge on any atom is -0.381 e. The molecule has 0 unspecified atom stereocenters. The molecular formula is C11H21NO3. The minimum absolute atomic E-state index is 0.0687. The van der Waals surface area contributed by atoms with Crippen molar-refractivity contribution in [1.82, 2.24) is 5.32 Å². The van der Waals surface area contributed by atoms with Gasteiger partial charge in [0.2, 0.25) is 5.91 Å². The Bertz CT molecular complexity index is 202. The van der Waals surface area contributed by atoms with Crippen LogP contribution in [0.3, 0.4) is 0 Å². The van der Waals surface area contributed by atoms with Gasteiger partial charge in [-0.1, -0.05) is 13.8 Å². The Morgan fingerprint density at radius 2 is 2.20 bits per heavy atom. The highest BCUT2D eigenvalue weighted by molar-refractivity contribution is 5.76. The molecule has 0 bridgehead atoms. The van der Waals surface area contributed by atoms with Gasteiger partial charge in [-0.05, 0) is 6.42 Å². The van der Waals surface area contributed by atoms with Gasteiger partial charge in [0, 0.05) is 25.0 Å². The smallest absolute Gasteiger partial charge is 0.222 e. The molecule has 1 rings (SSSR count). The van der Waals surface area contributed by atoms with Gasteiger partial charge in [0.1, 0.15) is 0 Å². The first-order valence-electron chi connectivity index (χ1n) is 5.58. The highest BCUT2D eigenvalue weighted by atomic mass is 16.5. The lowest BCUT2D eigenvalue weighted by Gasteiger charge is -2.38. The predicted octanol–water partition coefficient (Wildman–Crippen LogP) is 0.956. The van der Waals surface area contributed by atoms with Crippen LogP contribution in [0.5, 0.6) is 0 Å². The Labute approximate surface area is 91.3 Å². The summed E-state index contributed by atoms with van der Waals surface area (Å²) in [6.45, 7) is 7.63. The molecule has 0 atom stereocenters. The molecular weight excluding hydrogens is 194 g/mol. The van der Waals surface area contributed by atoms with E-state index in [1.807, 2.05) is 0 Å². The van der Waals surface area contributed by atoms with Crippen LogP contribution in [0.25, 0.3) is 0 Å². The predicted molar refractivity (Wildman–Crippen MR) is 57.7 cm³/mol. The minimum atomic E-state index is 0.0687. The van der Waals surface area contributed by atoms with Crippen LogP contribution in [0.2, 0.25) is 0 Å². The number of amides is 1. The SMILES string of the molecule is CCCOCCC(=O)NCC1(C)COC1. The Balaban J connectivity index is 1.98. The first-order valence-corrected chi connectivity index (χ1v) is 5.58. The Hall–Kier alpha value is -0.610. The van der Waals surface area contributed by atoms with E-state index in [1.165, 1.54) is 0 Å². The summed E-state index contributed by atoms with van der Waals surface area (Å²) in [5, 5.41) is 2.90. The summed E-state index contributed by atoms with van der Waals surface area (Å²) < 4.78 is 10.3. The Kier molecular flexibility index (Phi) is 5.05. The molecule has 0 aliphatic carbocycles. The van der Waals surface area contributed by atoms with Crippen molar-refractivity contribution in [3.05, 3.63) is 0 Å². The fourth-order valence-corrected chi connectivity index (χ4v) is 1.36. The van der Waals surface area contributed by atoms with Gasteiger partial charge in [-0.25, -0.2) is 0 Å². The van der Waals surface area contributed by atoms with Gasteiger partial charge < -0.3 is 14.8 Å². The average Bonchev–Trinajstić information content (AvgIpc) is 2.19. The molecule has 4 nitrogen and oxygen atoms in total. The summed E-state index contributed by atoms with van der Waals surface area (Å²) in [6, 6.07) is 0. The van der Waals surface area contributed by atoms with Crippen LogP contribution in [-0.2, 0) is 14.3 Å². The summed E-state index contributed by atoms with van der Waals surface area (Å²) in [5.74, 6) is 0.0687. The zero-order chi connectivity index (χ0) is 11.1. The lowest BCUT2D eigenvalue weighted by atomic mass is 9.89. The molecule has 1 saturated heterocycles. The van der Waals surface area contributed by atoms with Crippen LogP contribution in [0.15, 0.2) is 0 Å². The number of ether oxygens (including phenoxy) is 2. The van der Waals surface area contributed by atoms with E-state index < -0.39 is 0 Å². The fraction of sp³-hybridized carbons (Fsp3) is 0.909. The number of hydrogen-bond donors (Lipinski definition) is 1. The highest BCUT2D eigenvalue weighted by Crippen LogP contribution is 2.24. The second kappa shape index (κ2) is 6.08. The third kappa shape index (κ3) is 4.62. The largest absolute Gasteiger partial charge is 0.381 e. The zero-order valence-corrected chi connectivity index (χ0v) is 9.67. The van der Waals surface area contributed by atoms with Crippen LogP contribution in [0.1, 0.15) is 26.7 Å². The summed E-state index contributed by atoms with van der Waals surface area (Å²) in [6.07, 6.45) is 1.45. The quantitative estimate of drug-likeness (QED) is 0.643. The zero-order valence-electron chi connectivity index (χ0n) is 9.67. The monoisotopic (exact) mass is 215 g/mol. The highest BCUT2D eigenvalue weighted by Gasteiger charge is 2.33. The second-order valence-electron chi connectivity index (χ2n) is 4.44. The van der Waals surface area contributed by atoms with Gasteiger partial charge in [-0.15, -0.1) is 0 Å². The third-order valence-electron chi connectivity index (χ3n) is 2.44. The van der Waals surface area contributed by atoms with E-state index in [0.717, 1.165) is 26.2 Å². The summed E-state index contributed by atoms with van der Waals surface area (Å²) >= 11 is 0. The first kappa shape index (κ1) is 12.5. The van der Waals surface area contributed by atoms with Crippen LogP contribution in [0, 0.1) is 5.41 Å². The van der Waals surface area contributed by atoms with Crippen LogP contribution < -0.4 is 5.32 Å². The molecule has 4 heteroatoms. The molecule has 0 radical (unpaired) electrons. The van der Waals surface area contributed by atoms with Gasteiger partial charge in [0.05, 0.1) is 19.8 Å². The Morgan fingerprint density at radius 1 is 1.47 bits per heavy atom. The van der Waals surface area contributed by atoms with Gasteiger partial charge >= 0.3 is 0 Å². The molecule has 0 spiro atoms. The normalized spacial score (nSPS) is 18.3. The van der Waals surface area contributed by atoms with E-state index in [1.54, 1.807) is 0 Å². The van der Waals surface area contributed by atoms with Gasteiger partial charge in [-0.3, -0.25) is 4.79 Å². The topological polar surface area (TPSA) is 47.6 Å². The maximum Gasteiger partial charge on any atom is 0.222 e. The molecule has 1 aliphatic heterocycles. The molecule has 0 aromatic carbocycles. The molecule has 0 saturated carbocycles. The average molecular weight is 215 g/mol. The standard InChI is InChI=1S/C11H21NO3/c1-3-5-14-6-4-10(13)12-7-11(2)8-15-9-11/h3-9H2,1-2H3,(H,12,13). The molecule has 1 N–H and O–H groups in total. The molecule has 0 aromatic heterocycles. The Morgan fingerprint density at radius 3 is 2.73 bits per heavy atom. The van der Waals surface area contributed by atoms with Crippen molar-refractivity contribution in [2.45, 2.75) is 26.7 Å². The van der Waals surface area contributed by atoms with Crippen LogP contribution in [0.4, 0.5) is 0 Å². The van der Waals surface area contributed by atoms with E-state index in [2.05, 4.69) is 19.2 Å². The summed E-state index contributed by atoms with van der Waals surface area (Å²) in [7, 11) is 0. The van der Waals surface area contributed by atoms with E-state index in [-0.39, 0.29) is 11.3 Å². The van der Waals surface area contributed by atoms with E-state index >= 15 is 0 Å². The van der Waals surface area contributed by atoms with Crippen molar-refractivity contribution < 1.29 is 14.3 Å². The maximum absolute atomic E-state index is 11.4. The molecule has 1 amide bonds. The molecule has 1 heterocycles. The van der Waals surface area contributed by atoms with E-state index in [0.29, 0.717) is 19.6 Å². The maximum atomic E-state index is 11.4. The van der Waals surface area contributed by atoms with Crippen molar-refractivity contribution in [2.24, 2.45) is 5.41 Å². The molecule has 15 heavy (non-hydrogen) atoms. The number of carbonyl (C=O) groups excluding carboxylic acids is 1. The van der Waals surface area contributed by atoms with Crippen molar-refractivity contribution >= 4 is 5.91 Å². The van der Waals surface area contributed by atoms with Crippen molar-refractivity contribution in [3.63, 3.8) is 0 Å². The lowest BCUT2D eigenvalue weighted by molar-refractivity contribution is -0.127. The fourth-order valence-electron chi connectivity index (χ4n) is 1.36. The number of rotatable bonds is 7. The number of hydrogen-bond acceptors (Lipinski definition) is 3. The van der Waals surface area contributed by atoms with Crippen molar-refractivity contribution in [1.29, 1.82) is 0 Å². The lowest BCUT2D eigenvalue weighted by Crippen LogP contribution is -2.48. The molecule has 88 valence electrons.